The normalized spacial score (nSPS) is 15.4. The third-order valence-corrected chi connectivity index (χ3v) is 3.68. The van der Waals surface area contributed by atoms with E-state index in [1.807, 2.05) is 36.4 Å². The van der Waals surface area contributed by atoms with Gasteiger partial charge in [-0.25, -0.2) is 4.39 Å². The summed E-state index contributed by atoms with van der Waals surface area (Å²) >= 11 is 0. The molecule has 0 fully saturated rings. The van der Waals surface area contributed by atoms with Gasteiger partial charge in [-0.3, -0.25) is 0 Å². The summed E-state index contributed by atoms with van der Waals surface area (Å²) in [5, 5.41) is 0. The van der Waals surface area contributed by atoms with E-state index in [1.54, 1.807) is 6.07 Å². The molecule has 0 aromatic heterocycles. The minimum absolute atomic E-state index is 0.0459. The van der Waals surface area contributed by atoms with Crippen molar-refractivity contribution >= 4 is 5.69 Å². The standard InChI is InChI=1S/C16H17FN2/c17-14-7-6-13-8-9-19(16(13)10-14)11-15(18)12-4-2-1-3-5-12/h1-7,10,15H,8-9,11,18H2. The van der Waals surface area contributed by atoms with E-state index in [-0.39, 0.29) is 11.9 Å². The maximum absolute atomic E-state index is 13.3. The number of benzene rings is 2. The van der Waals surface area contributed by atoms with E-state index < -0.39 is 0 Å². The summed E-state index contributed by atoms with van der Waals surface area (Å²) in [6.07, 6.45) is 0.969. The first-order valence-electron chi connectivity index (χ1n) is 6.58. The molecule has 1 atom stereocenters. The molecule has 98 valence electrons. The van der Waals surface area contributed by atoms with Crippen molar-refractivity contribution in [2.45, 2.75) is 12.5 Å². The van der Waals surface area contributed by atoms with E-state index in [0.29, 0.717) is 0 Å². The Hall–Kier alpha value is -1.87. The quantitative estimate of drug-likeness (QED) is 0.915. The summed E-state index contributed by atoms with van der Waals surface area (Å²) in [7, 11) is 0. The lowest BCUT2D eigenvalue weighted by molar-refractivity contribution is 0.626. The summed E-state index contributed by atoms with van der Waals surface area (Å²) < 4.78 is 13.3. The highest BCUT2D eigenvalue weighted by molar-refractivity contribution is 5.58. The molecule has 0 spiro atoms. The Balaban J connectivity index is 1.78. The van der Waals surface area contributed by atoms with Crippen molar-refractivity contribution < 1.29 is 4.39 Å². The number of nitrogens with zero attached hydrogens (tertiary/aromatic N) is 1. The minimum Gasteiger partial charge on any atom is -0.369 e. The molecule has 0 saturated heterocycles. The van der Waals surface area contributed by atoms with Gasteiger partial charge in [0.2, 0.25) is 0 Å². The van der Waals surface area contributed by atoms with E-state index in [9.17, 15) is 4.39 Å². The fourth-order valence-corrected chi connectivity index (χ4v) is 2.65. The van der Waals surface area contributed by atoms with Gasteiger partial charge in [-0.2, -0.15) is 0 Å². The van der Waals surface area contributed by atoms with Crippen LogP contribution in [0.5, 0.6) is 0 Å². The average Bonchev–Trinajstić information content (AvgIpc) is 2.82. The Morgan fingerprint density at radius 1 is 1.16 bits per heavy atom. The van der Waals surface area contributed by atoms with Crippen molar-refractivity contribution in [2.24, 2.45) is 5.73 Å². The smallest absolute Gasteiger partial charge is 0.125 e. The Morgan fingerprint density at radius 3 is 2.74 bits per heavy atom. The van der Waals surface area contributed by atoms with E-state index >= 15 is 0 Å². The van der Waals surface area contributed by atoms with Gasteiger partial charge >= 0.3 is 0 Å². The van der Waals surface area contributed by atoms with Crippen LogP contribution in [0.2, 0.25) is 0 Å². The van der Waals surface area contributed by atoms with E-state index in [1.165, 1.54) is 11.6 Å². The molecule has 3 rings (SSSR count). The maximum atomic E-state index is 13.3. The van der Waals surface area contributed by atoms with Gasteiger partial charge in [-0.1, -0.05) is 36.4 Å². The van der Waals surface area contributed by atoms with Crippen LogP contribution in [0, 0.1) is 5.82 Å². The van der Waals surface area contributed by atoms with Crippen LogP contribution < -0.4 is 10.6 Å². The molecule has 0 amide bonds. The third kappa shape index (κ3) is 2.47. The van der Waals surface area contributed by atoms with Crippen LogP contribution in [0.25, 0.3) is 0 Å². The fraction of sp³-hybridized carbons (Fsp3) is 0.250. The number of halogens is 1. The molecule has 0 saturated carbocycles. The molecule has 2 aromatic rings. The van der Waals surface area contributed by atoms with E-state index in [2.05, 4.69) is 4.90 Å². The monoisotopic (exact) mass is 256 g/mol. The number of rotatable bonds is 3. The average molecular weight is 256 g/mol. The molecule has 0 aliphatic carbocycles. The Kier molecular flexibility index (Phi) is 3.22. The zero-order valence-electron chi connectivity index (χ0n) is 10.7. The molecule has 19 heavy (non-hydrogen) atoms. The van der Waals surface area contributed by atoms with Crippen LogP contribution in [0.4, 0.5) is 10.1 Å². The van der Waals surface area contributed by atoms with Gasteiger partial charge in [0.15, 0.2) is 0 Å². The number of hydrogen-bond donors (Lipinski definition) is 1. The van der Waals surface area contributed by atoms with Crippen molar-refractivity contribution in [1.29, 1.82) is 0 Å². The lowest BCUT2D eigenvalue weighted by Gasteiger charge is -2.23. The first-order chi connectivity index (χ1) is 9.24. The SMILES string of the molecule is NC(CN1CCc2ccc(F)cc21)c1ccccc1. The van der Waals surface area contributed by atoms with Crippen molar-refractivity contribution in [1.82, 2.24) is 0 Å². The molecule has 2 nitrogen and oxygen atoms in total. The molecule has 1 aliphatic rings. The second-order valence-electron chi connectivity index (χ2n) is 4.99. The Bertz CT molecular complexity index is 568. The zero-order valence-corrected chi connectivity index (χ0v) is 10.7. The van der Waals surface area contributed by atoms with Gasteiger partial charge in [0.1, 0.15) is 5.82 Å². The number of hydrogen-bond acceptors (Lipinski definition) is 2. The van der Waals surface area contributed by atoms with Crippen LogP contribution in [-0.4, -0.2) is 13.1 Å². The van der Waals surface area contributed by atoms with Crippen LogP contribution in [0.15, 0.2) is 48.5 Å². The maximum Gasteiger partial charge on any atom is 0.125 e. The second-order valence-corrected chi connectivity index (χ2v) is 4.99. The highest BCUT2D eigenvalue weighted by Gasteiger charge is 2.21. The van der Waals surface area contributed by atoms with Gasteiger partial charge in [-0.15, -0.1) is 0 Å². The second kappa shape index (κ2) is 5.02. The largest absolute Gasteiger partial charge is 0.369 e. The number of fused-ring (bicyclic) bond motifs is 1. The first-order valence-corrected chi connectivity index (χ1v) is 6.58. The number of nitrogens with two attached hydrogens (primary N) is 1. The van der Waals surface area contributed by atoms with Gasteiger partial charge in [0, 0.05) is 24.8 Å². The summed E-state index contributed by atoms with van der Waals surface area (Å²) in [6.45, 7) is 1.64. The molecule has 1 aliphatic heterocycles. The molecule has 0 radical (unpaired) electrons. The fourth-order valence-electron chi connectivity index (χ4n) is 2.65. The Labute approximate surface area is 112 Å². The minimum atomic E-state index is -0.182. The molecule has 3 heteroatoms. The highest BCUT2D eigenvalue weighted by Crippen LogP contribution is 2.29. The molecule has 1 heterocycles. The summed E-state index contributed by atoms with van der Waals surface area (Å²) in [6, 6.07) is 15.0. The first kappa shape index (κ1) is 12.2. The molecule has 1 unspecified atom stereocenters. The number of anilines is 1. The van der Waals surface area contributed by atoms with Crippen LogP contribution in [0.3, 0.4) is 0 Å². The van der Waals surface area contributed by atoms with Crippen molar-refractivity contribution in [3.8, 4) is 0 Å². The summed E-state index contributed by atoms with van der Waals surface area (Å²) in [4.78, 5) is 2.18. The van der Waals surface area contributed by atoms with Crippen molar-refractivity contribution in [3.05, 3.63) is 65.5 Å². The van der Waals surface area contributed by atoms with Crippen molar-refractivity contribution in [3.63, 3.8) is 0 Å². The highest BCUT2D eigenvalue weighted by atomic mass is 19.1. The predicted molar refractivity (Wildman–Crippen MR) is 75.7 cm³/mol. The van der Waals surface area contributed by atoms with Gasteiger partial charge in [0.25, 0.3) is 0 Å². The lowest BCUT2D eigenvalue weighted by atomic mass is 10.1. The molecule has 2 aromatic carbocycles. The molecule has 2 N–H and O–H groups in total. The molecular formula is C16H17FN2. The molecule has 0 bridgehead atoms. The van der Waals surface area contributed by atoms with Gasteiger partial charge in [-0.05, 0) is 29.7 Å². The van der Waals surface area contributed by atoms with E-state index in [4.69, 9.17) is 5.73 Å². The lowest BCUT2D eigenvalue weighted by Crippen LogP contribution is -2.30. The Morgan fingerprint density at radius 2 is 1.95 bits per heavy atom. The third-order valence-electron chi connectivity index (χ3n) is 3.68. The predicted octanol–water partition coefficient (Wildman–Crippen LogP) is 2.89. The zero-order chi connectivity index (χ0) is 13.2. The molecular weight excluding hydrogens is 239 g/mol. The topological polar surface area (TPSA) is 29.3 Å². The van der Waals surface area contributed by atoms with Crippen LogP contribution >= 0.6 is 0 Å². The van der Waals surface area contributed by atoms with Crippen LogP contribution in [0.1, 0.15) is 17.2 Å². The van der Waals surface area contributed by atoms with Crippen LogP contribution in [-0.2, 0) is 6.42 Å². The van der Waals surface area contributed by atoms with Gasteiger partial charge in [0.05, 0.1) is 0 Å². The summed E-state index contributed by atoms with van der Waals surface area (Å²) in [5.74, 6) is -0.182. The van der Waals surface area contributed by atoms with E-state index in [0.717, 1.165) is 30.8 Å². The van der Waals surface area contributed by atoms with Gasteiger partial charge < -0.3 is 10.6 Å². The van der Waals surface area contributed by atoms with Crippen molar-refractivity contribution in [2.75, 3.05) is 18.0 Å². The summed E-state index contributed by atoms with van der Waals surface area (Å²) in [5.41, 5.74) is 9.55.